The van der Waals surface area contributed by atoms with E-state index in [0.717, 1.165) is 27.0 Å². The minimum atomic E-state index is -0.150. The second kappa shape index (κ2) is 5.61. The van der Waals surface area contributed by atoms with Crippen LogP contribution in [0.25, 0.3) is 26.0 Å². The molecule has 1 aromatic carbocycles. The number of ether oxygens (including phenoxy) is 1. The number of nitrogens with one attached hydrogen (secondary N) is 1. The number of thiophene rings is 1. The highest BCUT2D eigenvalue weighted by Crippen LogP contribution is 2.34. The molecule has 1 N–H and O–H groups in total. The molecule has 0 aliphatic heterocycles. The molecule has 3 aromatic heterocycles. The number of aromatic nitrogens is 3. The van der Waals surface area contributed by atoms with Crippen molar-refractivity contribution in [2.45, 2.75) is 0 Å². The van der Waals surface area contributed by atoms with Crippen LogP contribution < -0.4 is 15.6 Å². The van der Waals surface area contributed by atoms with Crippen LogP contribution in [0.4, 0.5) is 5.69 Å². The van der Waals surface area contributed by atoms with E-state index in [9.17, 15) is 4.79 Å². The lowest BCUT2D eigenvalue weighted by Gasteiger charge is -2.06. The third-order valence-electron chi connectivity index (χ3n) is 3.90. The Morgan fingerprint density at radius 1 is 1.21 bits per heavy atom. The molecule has 120 valence electrons. The number of methoxy groups -OCH3 is 1. The number of nitrogens with zero attached hydrogens (tertiary/aromatic N) is 3. The van der Waals surface area contributed by atoms with Crippen LogP contribution in [0.15, 0.2) is 47.5 Å². The number of benzene rings is 1. The van der Waals surface area contributed by atoms with Crippen molar-refractivity contribution in [2.24, 2.45) is 0 Å². The van der Waals surface area contributed by atoms with Crippen molar-refractivity contribution in [2.75, 3.05) is 19.5 Å². The molecule has 0 atom stereocenters. The molecule has 4 aromatic rings. The molecule has 0 radical (unpaired) electrons. The number of hydrogen-bond donors (Lipinski definition) is 1. The second-order valence-corrected chi connectivity index (χ2v) is 6.19. The topological polar surface area (TPSA) is 69.0 Å². The van der Waals surface area contributed by atoms with Crippen molar-refractivity contribution in [1.82, 2.24) is 14.8 Å². The second-order valence-electron chi connectivity index (χ2n) is 5.19. The lowest BCUT2D eigenvalue weighted by molar-refractivity contribution is 0.414. The maximum Gasteiger partial charge on any atom is 0.289 e. The summed E-state index contributed by atoms with van der Waals surface area (Å²) < 4.78 is 7.19. The molecule has 0 saturated heterocycles. The Morgan fingerprint density at radius 3 is 2.71 bits per heavy atom. The Bertz CT molecular complexity index is 1100. The zero-order chi connectivity index (χ0) is 16.7. The summed E-state index contributed by atoms with van der Waals surface area (Å²) >= 11 is 1.39. The van der Waals surface area contributed by atoms with Gasteiger partial charge in [0.25, 0.3) is 5.56 Å². The van der Waals surface area contributed by atoms with Gasteiger partial charge in [0.1, 0.15) is 15.3 Å². The molecule has 0 spiro atoms. The molecule has 0 bridgehead atoms. The average molecular weight is 338 g/mol. The predicted octanol–water partition coefficient (Wildman–Crippen LogP) is 3.05. The number of rotatable bonds is 3. The SMILES string of the molecule is CNc1ccnc2sc3c(=O)n(-c4ccc(OC)cc4)ncc3c12. The fourth-order valence-corrected chi connectivity index (χ4v) is 3.77. The summed E-state index contributed by atoms with van der Waals surface area (Å²) in [6.45, 7) is 0. The lowest BCUT2D eigenvalue weighted by Crippen LogP contribution is -2.19. The molecule has 0 fully saturated rings. The van der Waals surface area contributed by atoms with E-state index < -0.39 is 0 Å². The maximum atomic E-state index is 12.9. The molecule has 0 amide bonds. The maximum absolute atomic E-state index is 12.9. The average Bonchev–Trinajstić information content (AvgIpc) is 3.02. The number of pyridine rings is 1. The molecule has 0 saturated carbocycles. The van der Waals surface area contributed by atoms with Gasteiger partial charge in [0.05, 0.1) is 19.0 Å². The Hall–Kier alpha value is -2.93. The summed E-state index contributed by atoms with van der Waals surface area (Å²) in [5.74, 6) is 0.734. The quantitative estimate of drug-likeness (QED) is 0.622. The van der Waals surface area contributed by atoms with Gasteiger partial charge in [-0.3, -0.25) is 4.79 Å². The highest BCUT2D eigenvalue weighted by atomic mass is 32.1. The first-order valence-corrected chi connectivity index (χ1v) is 8.16. The monoisotopic (exact) mass is 338 g/mol. The van der Waals surface area contributed by atoms with Gasteiger partial charge in [0, 0.05) is 29.7 Å². The summed E-state index contributed by atoms with van der Waals surface area (Å²) in [7, 11) is 3.46. The van der Waals surface area contributed by atoms with Crippen LogP contribution >= 0.6 is 11.3 Å². The van der Waals surface area contributed by atoms with E-state index >= 15 is 0 Å². The van der Waals surface area contributed by atoms with Gasteiger partial charge >= 0.3 is 0 Å². The Labute approximate surface area is 141 Å². The molecule has 0 aliphatic rings. The van der Waals surface area contributed by atoms with Gasteiger partial charge in [0.2, 0.25) is 0 Å². The van der Waals surface area contributed by atoms with Crippen LogP contribution in [0.1, 0.15) is 0 Å². The normalized spacial score (nSPS) is 11.1. The summed E-state index contributed by atoms with van der Waals surface area (Å²) in [4.78, 5) is 18.1. The van der Waals surface area contributed by atoms with Gasteiger partial charge in [-0.25, -0.2) is 4.98 Å². The Kier molecular flexibility index (Phi) is 3.42. The lowest BCUT2D eigenvalue weighted by atomic mass is 10.2. The summed E-state index contributed by atoms with van der Waals surface area (Å²) in [6, 6.07) is 9.12. The zero-order valence-electron chi connectivity index (χ0n) is 13.1. The van der Waals surface area contributed by atoms with Gasteiger partial charge in [-0.05, 0) is 30.3 Å². The van der Waals surface area contributed by atoms with E-state index in [4.69, 9.17) is 4.74 Å². The van der Waals surface area contributed by atoms with Gasteiger partial charge in [-0.2, -0.15) is 9.78 Å². The van der Waals surface area contributed by atoms with Crippen LogP contribution in [-0.4, -0.2) is 28.9 Å². The number of anilines is 1. The van der Waals surface area contributed by atoms with Crippen LogP contribution in [0.2, 0.25) is 0 Å². The van der Waals surface area contributed by atoms with E-state index in [2.05, 4.69) is 15.4 Å². The highest BCUT2D eigenvalue weighted by molar-refractivity contribution is 7.25. The van der Waals surface area contributed by atoms with Crippen molar-refractivity contribution in [3.05, 3.63) is 53.1 Å². The molecular weight excluding hydrogens is 324 g/mol. The van der Waals surface area contributed by atoms with Crippen molar-refractivity contribution in [3.8, 4) is 11.4 Å². The highest BCUT2D eigenvalue weighted by Gasteiger charge is 2.15. The Balaban J connectivity index is 1.98. The third-order valence-corrected chi connectivity index (χ3v) is 5.01. The summed E-state index contributed by atoms with van der Waals surface area (Å²) in [5.41, 5.74) is 1.49. The molecular formula is C17H14N4O2S. The minimum absolute atomic E-state index is 0.150. The predicted molar refractivity (Wildman–Crippen MR) is 96.6 cm³/mol. The smallest absolute Gasteiger partial charge is 0.289 e. The largest absolute Gasteiger partial charge is 0.497 e. The van der Waals surface area contributed by atoms with E-state index in [1.807, 2.05) is 25.2 Å². The van der Waals surface area contributed by atoms with Crippen LogP contribution in [0, 0.1) is 0 Å². The van der Waals surface area contributed by atoms with E-state index in [1.165, 1.54) is 16.0 Å². The van der Waals surface area contributed by atoms with Crippen molar-refractivity contribution < 1.29 is 4.74 Å². The van der Waals surface area contributed by atoms with Crippen molar-refractivity contribution in [1.29, 1.82) is 0 Å². The fraction of sp³-hybridized carbons (Fsp3) is 0.118. The molecule has 4 rings (SSSR count). The molecule has 0 unspecified atom stereocenters. The van der Waals surface area contributed by atoms with E-state index in [1.54, 1.807) is 31.6 Å². The van der Waals surface area contributed by atoms with E-state index in [0.29, 0.717) is 10.4 Å². The summed E-state index contributed by atoms with van der Waals surface area (Å²) in [5, 5.41) is 9.25. The van der Waals surface area contributed by atoms with Gasteiger partial charge < -0.3 is 10.1 Å². The molecule has 3 heterocycles. The summed E-state index contributed by atoms with van der Waals surface area (Å²) in [6.07, 6.45) is 3.46. The fourth-order valence-electron chi connectivity index (χ4n) is 2.71. The van der Waals surface area contributed by atoms with Gasteiger partial charge in [-0.1, -0.05) is 0 Å². The minimum Gasteiger partial charge on any atom is -0.497 e. The first kappa shape index (κ1) is 14.6. The van der Waals surface area contributed by atoms with Crippen LogP contribution in [0.3, 0.4) is 0 Å². The number of fused-ring (bicyclic) bond motifs is 3. The standard InChI is InChI=1S/C17H14N4O2S/c1-18-13-7-8-19-16-14(13)12-9-20-21(17(22)15(12)24-16)10-3-5-11(23-2)6-4-10/h3-9H,1-2H3,(H,18,19). The third kappa shape index (κ3) is 2.13. The van der Waals surface area contributed by atoms with Gasteiger partial charge in [-0.15, -0.1) is 11.3 Å². The molecule has 6 nitrogen and oxygen atoms in total. The van der Waals surface area contributed by atoms with Gasteiger partial charge in [0.15, 0.2) is 0 Å². The molecule has 24 heavy (non-hydrogen) atoms. The van der Waals surface area contributed by atoms with Crippen LogP contribution in [0.5, 0.6) is 5.75 Å². The van der Waals surface area contributed by atoms with Crippen molar-refractivity contribution >= 4 is 37.3 Å². The Morgan fingerprint density at radius 2 is 2.00 bits per heavy atom. The first-order chi connectivity index (χ1) is 11.7. The molecule has 0 aliphatic carbocycles. The van der Waals surface area contributed by atoms with E-state index in [-0.39, 0.29) is 5.56 Å². The first-order valence-electron chi connectivity index (χ1n) is 7.34. The van der Waals surface area contributed by atoms with Crippen molar-refractivity contribution in [3.63, 3.8) is 0 Å². The van der Waals surface area contributed by atoms with Crippen LogP contribution in [-0.2, 0) is 0 Å². The zero-order valence-corrected chi connectivity index (χ0v) is 13.9. The molecule has 7 heteroatoms. The number of hydrogen-bond acceptors (Lipinski definition) is 6.